The lowest BCUT2D eigenvalue weighted by Gasteiger charge is -2.29. The van der Waals surface area contributed by atoms with Crippen molar-refractivity contribution in [1.29, 1.82) is 0 Å². The molecule has 0 aromatic rings. The topological polar surface area (TPSA) is 26.0 Å². The van der Waals surface area contributed by atoms with Crippen molar-refractivity contribution in [3.8, 4) is 0 Å². The van der Waals surface area contributed by atoms with Crippen LogP contribution in [0.2, 0.25) is 0 Å². The van der Waals surface area contributed by atoms with Gasteiger partial charge < -0.3 is 5.73 Å². The zero-order valence-corrected chi connectivity index (χ0v) is 7.78. The third-order valence-corrected chi connectivity index (χ3v) is 2.15. The van der Waals surface area contributed by atoms with Crippen LogP contribution in [0.4, 0.5) is 0 Å². The van der Waals surface area contributed by atoms with Gasteiger partial charge in [-0.25, -0.2) is 0 Å². The molecule has 1 heteroatoms. The van der Waals surface area contributed by atoms with Crippen molar-refractivity contribution in [3.05, 3.63) is 0 Å². The van der Waals surface area contributed by atoms with Gasteiger partial charge in [0.25, 0.3) is 0 Å². The highest BCUT2D eigenvalue weighted by Crippen LogP contribution is 2.28. The largest absolute Gasteiger partial charge is 0.330 e. The Bertz CT molecular complexity index is 81.2. The maximum absolute atomic E-state index is 5.64. The molecule has 1 atom stereocenters. The average Bonchev–Trinajstić information content (AvgIpc) is 1.80. The third kappa shape index (κ3) is 3.21. The van der Waals surface area contributed by atoms with Gasteiger partial charge in [-0.1, -0.05) is 34.1 Å². The predicted molar refractivity (Wildman–Crippen MR) is 46.9 cm³/mol. The molecule has 1 unspecified atom stereocenters. The smallest absolute Gasteiger partial charge is 0.00439 e. The Morgan fingerprint density at radius 3 is 1.90 bits per heavy atom. The van der Waals surface area contributed by atoms with Gasteiger partial charge in [-0.2, -0.15) is 0 Å². The maximum Gasteiger partial charge on any atom is -0.00439 e. The monoisotopic (exact) mass is 143 g/mol. The van der Waals surface area contributed by atoms with Gasteiger partial charge in [-0.3, -0.25) is 0 Å². The van der Waals surface area contributed by atoms with Gasteiger partial charge in [0.1, 0.15) is 0 Å². The van der Waals surface area contributed by atoms with Crippen molar-refractivity contribution in [2.45, 2.75) is 40.5 Å². The molecule has 0 aromatic heterocycles. The minimum Gasteiger partial charge on any atom is -0.330 e. The summed E-state index contributed by atoms with van der Waals surface area (Å²) in [5.74, 6) is 0.692. The highest BCUT2D eigenvalue weighted by molar-refractivity contribution is 4.73. The van der Waals surface area contributed by atoms with Crippen LogP contribution >= 0.6 is 0 Å². The molecule has 62 valence electrons. The highest BCUT2D eigenvalue weighted by Gasteiger charge is 2.21. The van der Waals surface area contributed by atoms with E-state index in [2.05, 4.69) is 27.7 Å². The predicted octanol–water partition coefficient (Wildman–Crippen LogP) is 2.41. The molecule has 0 heterocycles. The molecule has 0 aromatic carbocycles. The first-order chi connectivity index (χ1) is 4.52. The standard InChI is InChI=1S/C9H21N/c1-5-6-8(7-10)9(2,3)4/h8H,5-7,10H2,1-4H3. The molecule has 1 nitrogen and oxygen atoms in total. The van der Waals surface area contributed by atoms with Gasteiger partial charge in [0.2, 0.25) is 0 Å². The van der Waals surface area contributed by atoms with Crippen LogP contribution in [-0.2, 0) is 0 Å². The van der Waals surface area contributed by atoms with Crippen LogP contribution in [0.1, 0.15) is 40.5 Å². The average molecular weight is 143 g/mol. The minimum absolute atomic E-state index is 0.394. The molecule has 0 rings (SSSR count). The van der Waals surface area contributed by atoms with E-state index in [4.69, 9.17) is 5.73 Å². The van der Waals surface area contributed by atoms with Crippen LogP contribution in [0.25, 0.3) is 0 Å². The molecule has 0 aliphatic heterocycles. The van der Waals surface area contributed by atoms with E-state index in [-0.39, 0.29) is 0 Å². The van der Waals surface area contributed by atoms with Gasteiger partial charge in [0, 0.05) is 0 Å². The lowest BCUT2D eigenvalue weighted by molar-refractivity contribution is 0.231. The molecule has 0 aliphatic carbocycles. The number of hydrogen-bond acceptors (Lipinski definition) is 1. The van der Waals surface area contributed by atoms with E-state index in [9.17, 15) is 0 Å². The van der Waals surface area contributed by atoms with Crippen molar-refractivity contribution >= 4 is 0 Å². The lowest BCUT2D eigenvalue weighted by Crippen LogP contribution is -2.27. The number of nitrogens with two attached hydrogens (primary N) is 1. The molecule has 10 heavy (non-hydrogen) atoms. The van der Waals surface area contributed by atoms with E-state index >= 15 is 0 Å². The summed E-state index contributed by atoms with van der Waals surface area (Å²) in [7, 11) is 0. The van der Waals surface area contributed by atoms with Crippen LogP contribution < -0.4 is 5.73 Å². The zero-order valence-electron chi connectivity index (χ0n) is 7.78. The first-order valence-electron chi connectivity index (χ1n) is 4.22. The second-order valence-electron chi connectivity index (χ2n) is 4.09. The molecular formula is C9H21N. The first kappa shape index (κ1) is 9.96. The summed E-state index contributed by atoms with van der Waals surface area (Å²) >= 11 is 0. The molecule has 0 radical (unpaired) electrons. The minimum atomic E-state index is 0.394. The summed E-state index contributed by atoms with van der Waals surface area (Å²) in [5.41, 5.74) is 6.04. The molecule has 0 saturated heterocycles. The molecule has 0 aliphatic rings. The quantitative estimate of drug-likeness (QED) is 0.645. The second kappa shape index (κ2) is 3.97. The van der Waals surface area contributed by atoms with E-state index in [0.29, 0.717) is 11.3 Å². The summed E-state index contributed by atoms with van der Waals surface area (Å²) in [5, 5.41) is 0. The van der Waals surface area contributed by atoms with Crippen LogP contribution in [-0.4, -0.2) is 6.54 Å². The molecular weight excluding hydrogens is 122 g/mol. The van der Waals surface area contributed by atoms with Crippen molar-refractivity contribution < 1.29 is 0 Å². The summed E-state index contributed by atoms with van der Waals surface area (Å²) in [4.78, 5) is 0. The molecule has 0 saturated carbocycles. The second-order valence-corrected chi connectivity index (χ2v) is 4.09. The van der Waals surface area contributed by atoms with Crippen LogP contribution in [0.5, 0.6) is 0 Å². The molecule has 0 bridgehead atoms. The summed E-state index contributed by atoms with van der Waals surface area (Å²) in [6, 6.07) is 0. The lowest BCUT2D eigenvalue weighted by atomic mass is 9.78. The van der Waals surface area contributed by atoms with Gasteiger partial charge in [0.15, 0.2) is 0 Å². The molecule has 2 N–H and O–H groups in total. The molecule has 0 fully saturated rings. The van der Waals surface area contributed by atoms with Gasteiger partial charge in [0.05, 0.1) is 0 Å². The first-order valence-corrected chi connectivity index (χ1v) is 4.22. The number of rotatable bonds is 3. The maximum atomic E-state index is 5.64. The van der Waals surface area contributed by atoms with Crippen LogP contribution in [0, 0.1) is 11.3 Å². The Kier molecular flexibility index (Phi) is 3.95. The van der Waals surface area contributed by atoms with Gasteiger partial charge in [-0.15, -0.1) is 0 Å². The molecule has 0 amide bonds. The SMILES string of the molecule is CCCC(CN)C(C)(C)C. The fourth-order valence-corrected chi connectivity index (χ4v) is 1.25. The Hall–Kier alpha value is -0.0400. The Labute approximate surface area is 65.0 Å². The van der Waals surface area contributed by atoms with Crippen molar-refractivity contribution in [2.75, 3.05) is 6.54 Å². The summed E-state index contributed by atoms with van der Waals surface area (Å²) < 4.78 is 0. The van der Waals surface area contributed by atoms with E-state index in [1.807, 2.05) is 0 Å². The Morgan fingerprint density at radius 1 is 1.30 bits per heavy atom. The Morgan fingerprint density at radius 2 is 1.80 bits per heavy atom. The van der Waals surface area contributed by atoms with E-state index in [1.54, 1.807) is 0 Å². The van der Waals surface area contributed by atoms with Crippen LogP contribution in [0.15, 0.2) is 0 Å². The van der Waals surface area contributed by atoms with Crippen LogP contribution in [0.3, 0.4) is 0 Å². The van der Waals surface area contributed by atoms with Crippen molar-refractivity contribution in [2.24, 2.45) is 17.1 Å². The zero-order chi connectivity index (χ0) is 8.20. The van der Waals surface area contributed by atoms with Crippen molar-refractivity contribution in [1.82, 2.24) is 0 Å². The van der Waals surface area contributed by atoms with E-state index < -0.39 is 0 Å². The van der Waals surface area contributed by atoms with Gasteiger partial charge in [-0.05, 0) is 24.3 Å². The van der Waals surface area contributed by atoms with Crippen molar-refractivity contribution in [3.63, 3.8) is 0 Å². The van der Waals surface area contributed by atoms with E-state index in [1.165, 1.54) is 12.8 Å². The summed E-state index contributed by atoms with van der Waals surface area (Å²) in [6.45, 7) is 9.84. The fraction of sp³-hybridized carbons (Fsp3) is 1.00. The fourth-order valence-electron chi connectivity index (χ4n) is 1.25. The number of hydrogen-bond donors (Lipinski definition) is 1. The Balaban J connectivity index is 3.81. The summed E-state index contributed by atoms with van der Waals surface area (Å²) in [6.07, 6.45) is 2.51. The molecule has 0 spiro atoms. The van der Waals surface area contributed by atoms with E-state index in [0.717, 1.165) is 6.54 Å². The third-order valence-electron chi connectivity index (χ3n) is 2.15. The van der Waals surface area contributed by atoms with Gasteiger partial charge >= 0.3 is 0 Å². The highest BCUT2D eigenvalue weighted by atomic mass is 14.6. The normalized spacial score (nSPS) is 15.3.